The van der Waals surface area contributed by atoms with Gasteiger partial charge in [-0.05, 0) is 132 Å². The van der Waals surface area contributed by atoms with Gasteiger partial charge in [0.15, 0.2) is 0 Å². The second-order valence-corrected chi connectivity index (χ2v) is 22.4. The second-order valence-electron chi connectivity index (χ2n) is 17.1. The molecule has 6 nitrogen and oxygen atoms in total. The average Bonchev–Trinajstić information content (AvgIpc) is 4.39. The van der Waals surface area contributed by atoms with E-state index in [0.717, 1.165) is 45.9 Å². The van der Waals surface area contributed by atoms with Gasteiger partial charge in [-0.15, -0.1) is 68.0 Å². The van der Waals surface area contributed by atoms with E-state index >= 15 is 0 Å². The van der Waals surface area contributed by atoms with Gasteiger partial charge >= 0.3 is 0 Å². The zero-order valence-electron chi connectivity index (χ0n) is 51.3. The summed E-state index contributed by atoms with van der Waals surface area (Å²) in [6, 6.07) is 40.5. The summed E-state index contributed by atoms with van der Waals surface area (Å²) in [5, 5.41) is 0. The highest BCUT2D eigenvalue weighted by molar-refractivity contribution is 7.18. The van der Waals surface area contributed by atoms with E-state index in [1.165, 1.54) is 62.4 Å². The minimum absolute atomic E-state index is 0.220. The van der Waals surface area contributed by atoms with Crippen LogP contribution in [0.15, 0.2) is 148 Å². The third-order valence-electron chi connectivity index (χ3n) is 10.7. The van der Waals surface area contributed by atoms with Crippen molar-refractivity contribution in [3.63, 3.8) is 0 Å². The van der Waals surface area contributed by atoms with Crippen molar-refractivity contribution < 1.29 is 0 Å². The fourth-order valence-corrected chi connectivity index (χ4v) is 10.8. The summed E-state index contributed by atoms with van der Waals surface area (Å²) in [5.41, 5.74) is 25.1. The molecule has 79 heavy (non-hydrogen) atoms. The van der Waals surface area contributed by atoms with Crippen molar-refractivity contribution in [3.05, 3.63) is 176 Å². The molecule has 6 aromatic heterocycles. The molecule has 0 bridgehead atoms. The first kappa shape index (κ1) is 71.7. The third kappa shape index (κ3) is 24.5. The first-order valence-electron chi connectivity index (χ1n) is 28.4. The summed E-state index contributed by atoms with van der Waals surface area (Å²) < 4.78 is 7.65. The van der Waals surface area contributed by atoms with Crippen LogP contribution in [0.5, 0.6) is 0 Å². The van der Waals surface area contributed by atoms with Crippen LogP contribution in [0.1, 0.15) is 172 Å². The monoisotopic (exact) mass is 1170 g/mol. The van der Waals surface area contributed by atoms with Crippen LogP contribution < -0.4 is 0 Å². The summed E-state index contributed by atoms with van der Waals surface area (Å²) in [4.78, 5) is 25.5. The molecule has 426 valence electrons. The first-order chi connectivity index (χ1) is 38.5. The molecule has 0 aliphatic carbocycles. The van der Waals surface area contributed by atoms with Crippen molar-refractivity contribution in [2.75, 3.05) is 0 Å². The lowest BCUT2D eigenvalue weighted by Crippen LogP contribution is -2.10. The number of nitrogens with zero attached hydrogens (tertiary/aromatic N) is 6. The number of fused-ring (bicyclic) bond motifs is 6. The van der Waals surface area contributed by atoms with Gasteiger partial charge in [-0.1, -0.05) is 180 Å². The van der Waals surface area contributed by atoms with E-state index < -0.39 is 0 Å². The second kappa shape index (κ2) is 41.6. The number of para-hydroxylation sites is 1. The van der Waals surface area contributed by atoms with Crippen molar-refractivity contribution >= 4 is 129 Å². The number of rotatable bonds is 4. The van der Waals surface area contributed by atoms with Crippen LogP contribution in [0.2, 0.25) is 0 Å². The molecule has 12 heteroatoms. The van der Waals surface area contributed by atoms with Crippen molar-refractivity contribution in [1.82, 2.24) is 29.9 Å². The maximum absolute atomic E-state index is 4.31. The largest absolute Gasteiger partial charge is 0.245 e. The lowest BCUT2D eigenvalue weighted by molar-refractivity contribution is 0.591. The Balaban J connectivity index is 0.000000457. The quantitative estimate of drug-likeness (QED) is 0.175. The lowest BCUT2D eigenvalue weighted by atomic mass is 9.87. The van der Waals surface area contributed by atoms with Gasteiger partial charge in [-0.2, -0.15) is 0 Å². The van der Waals surface area contributed by atoms with Gasteiger partial charge < -0.3 is 0 Å². The summed E-state index contributed by atoms with van der Waals surface area (Å²) in [5.74, 6) is 0.594. The number of aromatic nitrogens is 6. The summed E-state index contributed by atoms with van der Waals surface area (Å²) in [6.45, 7) is 41.5. The van der Waals surface area contributed by atoms with E-state index in [4.69, 9.17) is 0 Å². The van der Waals surface area contributed by atoms with Crippen LogP contribution >= 0.6 is 68.0 Å². The topological polar surface area (TPSA) is 77.3 Å². The molecular weight excluding hydrogens is 1080 g/mol. The highest BCUT2D eigenvalue weighted by atomic mass is 32.1. The van der Waals surface area contributed by atoms with Gasteiger partial charge in [-0.25, -0.2) is 29.9 Å². The van der Waals surface area contributed by atoms with E-state index in [1.807, 2.05) is 134 Å². The molecular formula is C67H92N6S6. The molecule has 0 aliphatic heterocycles. The van der Waals surface area contributed by atoms with E-state index in [1.54, 1.807) is 68.0 Å². The summed E-state index contributed by atoms with van der Waals surface area (Å²) in [6.07, 6.45) is 3.45. The van der Waals surface area contributed by atoms with Crippen LogP contribution in [0, 0.1) is 6.92 Å². The molecule has 0 radical (unpaired) electrons. The summed E-state index contributed by atoms with van der Waals surface area (Å²) in [7, 11) is 0. The van der Waals surface area contributed by atoms with Crippen molar-refractivity contribution in [3.8, 4) is 0 Å². The van der Waals surface area contributed by atoms with Crippen LogP contribution in [0.25, 0.3) is 61.3 Å². The fourth-order valence-electron chi connectivity index (χ4n) is 6.80. The Kier molecular flexibility index (Phi) is 37.8. The van der Waals surface area contributed by atoms with Gasteiger partial charge in [0, 0.05) is 0 Å². The van der Waals surface area contributed by atoms with Gasteiger partial charge in [-0.3, -0.25) is 0 Å². The standard InChI is InChI=1S/C11H13NS.2C10H11NS.C9H9NS.C8H7NS.C7H5NS.6C2H6/c1-11(2,3)8-4-5-10-9(6-8)12-7-13-10;1-7(2)8-3-4-10-9(5-8)11-6-12-10;1-2-3-8-4-5-10-9(6-8)11-7-12-10;1-2-7-3-4-9-8(5-7)10-6-11-9;1-6-2-3-8-7(4-6)9-5-10-8;1-2-4-7-6(3-1)8-5-9-7;6*1-2/h4-7H,1-3H3;3-7H,1-2H3;4-7H,2-3H2,1H3;3-6H,2H2,1H3;2-5H,1H3;1-5H;6*1-2H3. The van der Waals surface area contributed by atoms with Gasteiger partial charge in [0.05, 0.1) is 94.4 Å². The molecule has 0 amide bonds. The molecule has 0 saturated carbocycles. The summed E-state index contributed by atoms with van der Waals surface area (Å²) >= 11 is 10.2. The molecule has 0 fully saturated rings. The van der Waals surface area contributed by atoms with Crippen LogP contribution in [-0.4, -0.2) is 29.9 Å². The Morgan fingerprint density at radius 2 is 0.734 bits per heavy atom. The maximum Gasteiger partial charge on any atom is 0.0814 e. The highest BCUT2D eigenvalue weighted by Gasteiger charge is 2.14. The Morgan fingerprint density at radius 1 is 0.380 bits per heavy atom. The minimum Gasteiger partial charge on any atom is -0.245 e. The van der Waals surface area contributed by atoms with Gasteiger partial charge in [0.25, 0.3) is 0 Å². The predicted octanol–water partition coefficient (Wildman–Crippen LogP) is 24.2. The number of benzene rings is 6. The smallest absolute Gasteiger partial charge is 0.0814 e. The maximum atomic E-state index is 4.31. The molecule has 0 atom stereocenters. The van der Waals surface area contributed by atoms with Gasteiger partial charge in [0.1, 0.15) is 0 Å². The Morgan fingerprint density at radius 3 is 1.16 bits per heavy atom. The fraction of sp³-hybridized carbons (Fsp3) is 0.373. The van der Waals surface area contributed by atoms with E-state index in [2.05, 4.69) is 182 Å². The van der Waals surface area contributed by atoms with Gasteiger partial charge in [0.2, 0.25) is 0 Å². The van der Waals surface area contributed by atoms with Crippen LogP contribution in [0.4, 0.5) is 0 Å². The normalized spacial score (nSPS) is 9.78. The lowest BCUT2D eigenvalue weighted by Gasteiger charge is -2.18. The average molecular weight is 1170 g/mol. The van der Waals surface area contributed by atoms with E-state index in [-0.39, 0.29) is 5.41 Å². The first-order valence-corrected chi connectivity index (χ1v) is 33.6. The van der Waals surface area contributed by atoms with Crippen molar-refractivity contribution in [2.45, 2.75) is 169 Å². The molecule has 0 saturated heterocycles. The zero-order valence-corrected chi connectivity index (χ0v) is 56.2. The van der Waals surface area contributed by atoms with Crippen molar-refractivity contribution in [1.29, 1.82) is 0 Å². The Labute approximate surface area is 500 Å². The number of hydrogen-bond acceptors (Lipinski definition) is 12. The Bertz CT molecular complexity index is 3350. The number of aryl methyl sites for hydroxylation is 3. The van der Waals surface area contributed by atoms with E-state index in [0.29, 0.717) is 5.92 Å². The SMILES string of the molecule is CC.CC.CC.CC.CC.CC.CC(C)(C)c1ccc2scnc2c1.CC(C)c1ccc2scnc2c1.CCCc1ccc2scnc2c1.CCc1ccc2scnc2c1.Cc1ccc2scnc2c1.c1ccc2scnc2c1. The number of hydrogen-bond donors (Lipinski definition) is 0. The molecule has 12 rings (SSSR count). The molecule has 12 aromatic rings. The zero-order chi connectivity index (χ0) is 59.2. The van der Waals surface area contributed by atoms with Crippen molar-refractivity contribution in [2.24, 2.45) is 0 Å². The molecule has 6 heterocycles. The molecule has 0 spiro atoms. The molecule has 0 aliphatic rings. The van der Waals surface area contributed by atoms with E-state index in [9.17, 15) is 0 Å². The molecule has 6 aromatic carbocycles. The third-order valence-corrected chi connectivity index (χ3v) is 15.5. The highest BCUT2D eigenvalue weighted by Crippen LogP contribution is 2.28. The van der Waals surface area contributed by atoms with Crippen LogP contribution in [-0.2, 0) is 18.3 Å². The molecule has 0 unspecified atom stereocenters. The minimum atomic E-state index is 0.220. The predicted molar refractivity (Wildman–Crippen MR) is 367 cm³/mol. The molecule has 0 N–H and O–H groups in total. The number of thiazole rings is 6. The Hall–Kier alpha value is -5.34. The van der Waals surface area contributed by atoms with Crippen LogP contribution in [0.3, 0.4) is 0 Å².